The summed E-state index contributed by atoms with van der Waals surface area (Å²) in [5.41, 5.74) is 1.17. The van der Waals surface area contributed by atoms with Gasteiger partial charge in [-0.3, -0.25) is 4.98 Å². The van der Waals surface area contributed by atoms with Gasteiger partial charge in [0, 0.05) is 29.8 Å². The molecule has 3 nitrogen and oxygen atoms in total. The predicted octanol–water partition coefficient (Wildman–Crippen LogP) is 5.22. The Bertz CT molecular complexity index is 490. The SMILES string of the molecule is CC.CC.CN(C)CCc1ccccn1.COc1ccccc1S. The highest BCUT2D eigenvalue weighted by Gasteiger charge is 1.93. The number of thiol groups is 1. The first-order valence-electron chi connectivity index (χ1n) is 8.50. The van der Waals surface area contributed by atoms with Crippen LogP contribution in [0.25, 0.3) is 0 Å². The van der Waals surface area contributed by atoms with Crippen molar-refractivity contribution in [3.8, 4) is 5.75 Å². The molecule has 0 N–H and O–H groups in total. The Labute approximate surface area is 154 Å². The van der Waals surface area contributed by atoms with Gasteiger partial charge in [-0.15, -0.1) is 12.6 Å². The number of pyridine rings is 1. The van der Waals surface area contributed by atoms with Crippen LogP contribution in [0, 0.1) is 0 Å². The van der Waals surface area contributed by atoms with Crippen molar-refractivity contribution in [1.82, 2.24) is 9.88 Å². The second-order valence-corrected chi connectivity index (χ2v) is 5.03. The molecule has 0 aliphatic carbocycles. The van der Waals surface area contributed by atoms with Crippen molar-refractivity contribution in [2.24, 2.45) is 0 Å². The second kappa shape index (κ2) is 17.8. The van der Waals surface area contributed by atoms with Gasteiger partial charge in [0.1, 0.15) is 5.75 Å². The van der Waals surface area contributed by atoms with Gasteiger partial charge in [-0.25, -0.2) is 0 Å². The Balaban J connectivity index is 0. The maximum atomic E-state index is 4.97. The van der Waals surface area contributed by atoms with Crippen molar-refractivity contribution in [2.45, 2.75) is 39.0 Å². The van der Waals surface area contributed by atoms with E-state index in [1.54, 1.807) is 7.11 Å². The molecule has 0 unspecified atom stereocenters. The summed E-state index contributed by atoms with van der Waals surface area (Å²) in [6.45, 7) is 9.07. The Kier molecular flexibility index (Phi) is 18.4. The maximum Gasteiger partial charge on any atom is 0.132 e. The summed E-state index contributed by atoms with van der Waals surface area (Å²) in [7, 11) is 5.78. The van der Waals surface area contributed by atoms with Gasteiger partial charge < -0.3 is 9.64 Å². The van der Waals surface area contributed by atoms with Crippen molar-refractivity contribution in [1.29, 1.82) is 0 Å². The monoisotopic (exact) mass is 350 g/mol. The van der Waals surface area contributed by atoms with Crippen LogP contribution in [-0.4, -0.2) is 37.6 Å². The largest absolute Gasteiger partial charge is 0.496 e. The van der Waals surface area contributed by atoms with Gasteiger partial charge in [-0.05, 0) is 38.4 Å². The summed E-state index contributed by atoms with van der Waals surface area (Å²) in [5.74, 6) is 0.820. The van der Waals surface area contributed by atoms with Gasteiger partial charge >= 0.3 is 0 Å². The summed E-state index contributed by atoms with van der Waals surface area (Å²) in [6, 6.07) is 13.6. The van der Waals surface area contributed by atoms with Crippen molar-refractivity contribution in [3.63, 3.8) is 0 Å². The van der Waals surface area contributed by atoms with Gasteiger partial charge in [0.2, 0.25) is 0 Å². The molecule has 0 saturated carbocycles. The first kappa shape index (κ1) is 24.7. The smallest absolute Gasteiger partial charge is 0.132 e. The Morgan fingerprint density at radius 1 is 0.958 bits per heavy atom. The maximum absolute atomic E-state index is 4.97. The van der Waals surface area contributed by atoms with E-state index >= 15 is 0 Å². The molecular weight excluding hydrogens is 316 g/mol. The van der Waals surface area contributed by atoms with Crippen LogP contribution in [0.5, 0.6) is 5.75 Å². The molecule has 0 bridgehead atoms. The number of benzene rings is 1. The summed E-state index contributed by atoms with van der Waals surface area (Å²) in [6.07, 6.45) is 2.87. The summed E-state index contributed by atoms with van der Waals surface area (Å²) < 4.78 is 4.97. The molecule has 0 spiro atoms. The zero-order valence-electron chi connectivity index (χ0n) is 16.3. The Hall–Kier alpha value is -1.52. The molecule has 4 heteroatoms. The molecule has 0 radical (unpaired) electrons. The molecule has 0 saturated heterocycles. The fourth-order valence-corrected chi connectivity index (χ4v) is 1.77. The van der Waals surface area contributed by atoms with Crippen LogP contribution in [0.3, 0.4) is 0 Å². The lowest BCUT2D eigenvalue weighted by Crippen LogP contribution is -2.15. The molecule has 0 fully saturated rings. The highest BCUT2D eigenvalue weighted by Crippen LogP contribution is 2.19. The number of hydrogen-bond donors (Lipinski definition) is 1. The molecule has 1 aromatic heterocycles. The van der Waals surface area contributed by atoms with Gasteiger partial charge in [-0.1, -0.05) is 45.9 Å². The lowest BCUT2D eigenvalue weighted by atomic mass is 10.3. The van der Waals surface area contributed by atoms with E-state index in [2.05, 4.69) is 42.7 Å². The van der Waals surface area contributed by atoms with Crippen molar-refractivity contribution in [2.75, 3.05) is 27.7 Å². The lowest BCUT2D eigenvalue weighted by Gasteiger charge is -2.07. The zero-order valence-corrected chi connectivity index (χ0v) is 17.2. The van der Waals surface area contributed by atoms with Gasteiger partial charge in [-0.2, -0.15) is 0 Å². The van der Waals surface area contributed by atoms with E-state index in [0.717, 1.165) is 23.6 Å². The average Bonchev–Trinajstić information content (AvgIpc) is 2.65. The van der Waals surface area contributed by atoms with Crippen molar-refractivity contribution >= 4 is 12.6 Å². The van der Waals surface area contributed by atoms with E-state index in [1.807, 2.05) is 70.3 Å². The van der Waals surface area contributed by atoms with Crippen LogP contribution in [0.2, 0.25) is 0 Å². The van der Waals surface area contributed by atoms with Crippen LogP contribution in [-0.2, 0) is 6.42 Å². The van der Waals surface area contributed by atoms with Crippen LogP contribution in [0.15, 0.2) is 53.6 Å². The lowest BCUT2D eigenvalue weighted by molar-refractivity contribution is 0.405. The number of aromatic nitrogens is 1. The predicted molar refractivity (Wildman–Crippen MR) is 109 cm³/mol. The minimum atomic E-state index is 0.820. The number of ether oxygens (including phenoxy) is 1. The highest BCUT2D eigenvalue weighted by molar-refractivity contribution is 7.80. The fraction of sp³-hybridized carbons (Fsp3) is 0.450. The Morgan fingerprint density at radius 3 is 1.96 bits per heavy atom. The van der Waals surface area contributed by atoms with Gasteiger partial charge in [0.25, 0.3) is 0 Å². The fourth-order valence-electron chi connectivity index (χ4n) is 1.51. The minimum absolute atomic E-state index is 0.820. The quantitative estimate of drug-likeness (QED) is 0.765. The molecule has 1 aromatic carbocycles. The third-order valence-corrected chi connectivity index (χ3v) is 3.00. The van der Waals surface area contributed by atoms with Crippen molar-refractivity contribution < 1.29 is 4.74 Å². The Morgan fingerprint density at radius 2 is 1.54 bits per heavy atom. The van der Waals surface area contributed by atoms with Crippen LogP contribution in [0.4, 0.5) is 0 Å². The van der Waals surface area contributed by atoms with E-state index in [4.69, 9.17) is 4.74 Å². The number of nitrogens with zero attached hydrogens (tertiary/aromatic N) is 2. The molecule has 0 aliphatic rings. The summed E-state index contributed by atoms with van der Waals surface area (Å²) in [4.78, 5) is 7.26. The van der Waals surface area contributed by atoms with Crippen LogP contribution in [0.1, 0.15) is 33.4 Å². The van der Waals surface area contributed by atoms with E-state index in [-0.39, 0.29) is 0 Å². The van der Waals surface area contributed by atoms with Crippen LogP contribution < -0.4 is 4.74 Å². The molecule has 0 aliphatic heterocycles. The molecule has 1 heterocycles. The molecule has 136 valence electrons. The number of rotatable bonds is 4. The van der Waals surface area contributed by atoms with Crippen LogP contribution >= 0.6 is 12.6 Å². The number of methoxy groups -OCH3 is 1. The molecule has 2 rings (SSSR count). The molecule has 2 aromatic rings. The third-order valence-electron chi connectivity index (χ3n) is 2.63. The molecule has 0 atom stereocenters. The van der Waals surface area contributed by atoms with E-state index in [0.29, 0.717) is 0 Å². The average molecular weight is 351 g/mol. The molecule has 24 heavy (non-hydrogen) atoms. The second-order valence-electron chi connectivity index (χ2n) is 4.55. The third kappa shape index (κ3) is 13.0. The number of hydrogen-bond acceptors (Lipinski definition) is 4. The van der Waals surface area contributed by atoms with E-state index in [9.17, 15) is 0 Å². The first-order valence-corrected chi connectivity index (χ1v) is 8.95. The minimum Gasteiger partial charge on any atom is -0.496 e. The van der Waals surface area contributed by atoms with Gasteiger partial charge in [0.05, 0.1) is 7.11 Å². The highest BCUT2D eigenvalue weighted by atomic mass is 32.1. The zero-order chi connectivity index (χ0) is 18.8. The molecule has 0 amide bonds. The molecular formula is C20H34N2OS. The summed E-state index contributed by atoms with van der Waals surface area (Å²) in [5, 5.41) is 0. The first-order chi connectivity index (χ1) is 11.6. The van der Waals surface area contributed by atoms with E-state index < -0.39 is 0 Å². The number of para-hydroxylation sites is 1. The standard InChI is InChI=1S/C9H14N2.C7H8OS.2C2H6/c1-11(2)8-6-9-5-3-4-7-10-9;1-8-6-4-2-3-5-7(6)9;2*1-2/h3-5,7H,6,8H2,1-2H3;2-5,9H,1H3;2*1-2H3. The number of likely N-dealkylation sites (N-methyl/N-ethyl adjacent to an activating group) is 1. The summed E-state index contributed by atoms with van der Waals surface area (Å²) >= 11 is 4.15. The normalized spacial score (nSPS) is 8.71. The topological polar surface area (TPSA) is 25.4 Å². The van der Waals surface area contributed by atoms with Crippen molar-refractivity contribution in [3.05, 3.63) is 54.4 Å². The van der Waals surface area contributed by atoms with E-state index in [1.165, 1.54) is 5.69 Å². The van der Waals surface area contributed by atoms with Gasteiger partial charge in [0.15, 0.2) is 0 Å².